The Balaban J connectivity index is 1.85. The van der Waals surface area contributed by atoms with Crippen LogP contribution in [0.15, 0.2) is 41.1 Å². The summed E-state index contributed by atoms with van der Waals surface area (Å²) >= 11 is 3.25. The zero-order valence-corrected chi connectivity index (χ0v) is 17.8. The lowest BCUT2D eigenvalue weighted by Gasteiger charge is -2.16. The second-order valence-corrected chi connectivity index (χ2v) is 8.22. The fraction of sp³-hybridized carbons (Fsp3) is 0.429. The van der Waals surface area contributed by atoms with Gasteiger partial charge in [-0.3, -0.25) is 0 Å². The number of thiazole rings is 1. The first-order valence-corrected chi connectivity index (χ1v) is 11.0. The number of esters is 1. The third kappa shape index (κ3) is 6.70. The van der Waals surface area contributed by atoms with Gasteiger partial charge in [0, 0.05) is 15.8 Å². The maximum Gasteiger partial charge on any atom is 0.357 e. The van der Waals surface area contributed by atoms with E-state index in [1.54, 1.807) is 5.38 Å². The molecule has 1 aromatic carbocycles. The molecule has 0 bridgehead atoms. The average molecular weight is 406 g/mol. The lowest BCUT2D eigenvalue weighted by Crippen LogP contribution is -2.13. The Bertz CT molecular complexity index is 740. The van der Waals surface area contributed by atoms with Crippen LogP contribution in [-0.2, 0) is 4.74 Å². The molecule has 0 amide bonds. The van der Waals surface area contributed by atoms with Gasteiger partial charge in [0.05, 0.1) is 7.11 Å². The van der Waals surface area contributed by atoms with Gasteiger partial charge in [-0.2, -0.15) is 0 Å². The van der Waals surface area contributed by atoms with Crippen LogP contribution in [0.5, 0.6) is 5.75 Å². The molecule has 0 aliphatic carbocycles. The highest BCUT2D eigenvalue weighted by molar-refractivity contribution is 7.99. The average Bonchev–Trinajstić information content (AvgIpc) is 3.18. The standard InChI is InChI=1S/C21H27NO3S2/c1-5-6-7-8-13-26-18-11-9-17(10-12-18)25-16(3)15(2)20-22-19(14-27-20)21(23)24-4/h9-12,14,16H,2,5-8,13H2,1,3-4H3. The highest BCUT2D eigenvalue weighted by Gasteiger charge is 2.17. The minimum atomic E-state index is -0.443. The number of methoxy groups -OCH3 is 1. The number of unbranched alkanes of at least 4 members (excludes halogenated alkanes) is 3. The molecule has 0 aliphatic rings. The molecule has 0 aliphatic heterocycles. The molecule has 2 aromatic rings. The Morgan fingerprint density at radius 1 is 1.26 bits per heavy atom. The molecule has 0 saturated carbocycles. The number of carbonyl (C=O) groups is 1. The maximum atomic E-state index is 11.5. The van der Waals surface area contributed by atoms with E-state index in [9.17, 15) is 4.79 Å². The van der Waals surface area contributed by atoms with E-state index in [1.165, 1.54) is 49.0 Å². The molecule has 4 nitrogen and oxygen atoms in total. The van der Waals surface area contributed by atoms with E-state index >= 15 is 0 Å². The second-order valence-electron chi connectivity index (χ2n) is 6.20. The molecular weight excluding hydrogens is 378 g/mol. The Hall–Kier alpha value is -1.79. The van der Waals surface area contributed by atoms with Gasteiger partial charge in [0.1, 0.15) is 16.9 Å². The molecule has 1 unspecified atom stereocenters. The molecule has 6 heteroatoms. The molecule has 0 radical (unpaired) electrons. The Kier molecular flexibility index (Phi) is 8.88. The van der Waals surface area contributed by atoms with Crippen molar-refractivity contribution in [1.29, 1.82) is 0 Å². The third-order valence-electron chi connectivity index (χ3n) is 4.07. The van der Waals surface area contributed by atoms with Crippen LogP contribution in [0.2, 0.25) is 0 Å². The van der Waals surface area contributed by atoms with Crippen molar-refractivity contribution in [2.75, 3.05) is 12.9 Å². The van der Waals surface area contributed by atoms with Gasteiger partial charge >= 0.3 is 5.97 Å². The summed E-state index contributed by atoms with van der Waals surface area (Å²) in [5, 5.41) is 2.35. The molecule has 1 aromatic heterocycles. The summed E-state index contributed by atoms with van der Waals surface area (Å²) in [6.45, 7) is 8.23. The van der Waals surface area contributed by atoms with Crippen LogP contribution in [0.1, 0.15) is 55.0 Å². The van der Waals surface area contributed by atoms with Crippen molar-refractivity contribution in [3.05, 3.63) is 46.9 Å². The Labute approximate surface area is 170 Å². The van der Waals surface area contributed by atoms with E-state index < -0.39 is 5.97 Å². The Morgan fingerprint density at radius 2 is 2.00 bits per heavy atom. The molecule has 1 heterocycles. The Morgan fingerprint density at radius 3 is 2.67 bits per heavy atom. The predicted molar refractivity (Wildman–Crippen MR) is 114 cm³/mol. The number of carbonyl (C=O) groups excluding carboxylic acids is 1. The molecule has 1 atom stereocenters. The third-order valence-corrected chi connectivity index (χ3v) is 6.08. The summed E-state index contributed by atoms with van der Waals surface area (Å²) in [7, 11) is 1.34. The minimum absolute atomic E-state index is 0.241. The molecule has 0 saturated heterocycles. The SMILES string of the molecule is C=C(c1nc(C(=O)OC)cs1)C(C)Oc1ccc(SCCCCCC)cc1. The highest BCUT2D eigenvalue weighted by Crippen LogP contribution is 2.27. The van der Waals surface area contributed by atoms with Crippen LogP contribution in [-0.4, -0.2) is 29.9 Å². The van der Waals surface area contributed by atoms with Crippen LogP contribution in [0.4, 0.5) is 0 Å². The molecule has 146 valence electrons. The van der Waals surface area contributed by atoms with E-state index in [0.29, 0.717) is 10.7 Å². The summed E-state index contributed by atoms with van der Waals surface area (Å²) in [5.74, 6) is 1.50. The van der Waals surface area contributed by atoms with Gasteiger partial charge in [-0.1, -0.05) is 32.8 Å². The molecular formula is C21H27NO3S2. The van der Waals surface area contributed by atoms with E-state index in [4.69, 9.17) is 4.74 Å². The predicted octanol–water partition coefficient (Wildman–Crippen LogP) is 6.08. The lowest BCUT2D eigenvalue weighted by atomic mass is 10.2. The zero-order valence-electron chi connectivity index (χ0n) is 16.2. The van der Waals surface area contributed by atoms with Crippen molar-refractivity contribution in [2.45, 2.75) is 50.5 Å². The van der Waals surface area contributed by atoms with Crippen molar-refractivity contribution in [3.8, 4) is 5.75 Å². The van der Waals surface area contributed by atoms with Gasteiger partial charge in [-0.15, -0.1) is 23.1 Å². The van der Waals surface area contributed by atoms with E-state index in [-0.39, 0.29) is 6.10 Å². The number of rotatable bonds is 11. The summed E-state index contributed by atoms with van der Waals surface area (Å²) < 4.78 is 10.7. The van der Waals surface area contributed by atoms with Gasteiger partial charge in [0.25, 0.3) is 0 Å². The van der Waals surface area contributed by atoms with Crippen molar-refractivity contribution < 1.29 is 14.3 Å². The second kappa shape index (κ2) is 11.1. The van der Waals surface area contributed by atoms with Gasteiger partial charge in [-0.05, 0) is 43.4 Å². The monoisotopic (exact) mass is 405 g/mol. The molecule has 0 fully saturated rings. The number of hydrogen-bond donors (Lipinski definition) is 0. The summed E-state index contributed by atoms with van der Waals surface area (Å²) in [6.07, 6.45) is 4.91. The molecule has 0 spiro atoms. The first kappa shape index (κ1) is 21.5. The van der Waals surface area contributed by atoms with Crippen molar-refractivity contribution >= 4 is 34.6 Å². The molecule has 27 heavy (non-hydrogen) atoms. The van der Waals surface area contributed by atoms with Crippen LogP contribution in [0.3, 0.4) is 0 Å². The number of hydrogen-bond acceptors (Lipinski definition) is 6. The lowest BCUT2D eigenvalue weighted by molar-refractivity contribution is 0.0595. The molecule has 0 N–H and O–H groups in total. The van der Waals surface area contributed by atoms with E-state index in [0.717, 1.165) is 17.1 Å². The fourth-order valence-corrected chi connectivity index (χ4v) is 4.16. The van der Waals surface area contributed by atoms with Crippen LogP contribution < -0.4 is 4.74 Å². The highest BCUT2D eigenvalue weighted by atomic mass is 32.2. The molecule has 2 rings (SSSR count). The number of thioether (sulfide) groups is 1. The van der Waals surface area contributed by atoms with E-state index in [1.807, 2.05) is 30.8 Å². The first-order valence-electron chi connectivity index (χ1n) is 9.17. The normalized spacial score (nSPS) is 11.8. The smallest absolute Gasteiger partial charge is 0.357 e. The zero-order chi connectivity index (χ0) is 19.6. The number of benzene rings is 1. The minimum Gasteiger partial charge on any atom is -0.486 e. The number of aromatic nitrogens is 1. The summed E-state index contributed by atoms with van der Waals surface area (Å²) in [6, 6.07) is 8.15. The quantitative estimate of drug-likeness (QED) is 0.257. The van der Waals surface area contributed by atoms with Gasteiger partial charge in [0.15, 0.2) is 5.69 Å². The number of ether oxygens (including phenoxy) is 2. The maximum absolute atomic E-state index is 11.5. The fourth-order valence-electron chi connectivity index (χ4n) is 2.40. The summed E-state index contributed by atoms with van der Waals surface area (Å²) in [4.78, 5) is 17.1. The van der Waals surface area contributed by atoms with Crippen LogP contribution >= 0.6 is 23.1 Å². The van der Waals surface area contributed by atoms with Crippen molar-refractivity contribution in [2.24, 2.45) is 0 Å². The number of nitrogens with zero attached hydrogens (tertiary/aromatic N) is 1. The van der Waals surface area contributed by atoms with Crippen molar-refractivity contribution in [1.82, 2.24) is 4.98 Å². The van der Waals surface area contributed by atoms with Crippen molar-refractivity contribution in [3.63, 3.8) is 0 Å². The first-order chi connectivity index (χ1) is 13.0. The van der Waals surface area contributed by atoms with Gasteiger partial charge in [0.2, 0.25) is 0 Å². The van der Waals surface area contributed by atoms with Gasteiger partial charge in [-0.25, -0.2) is 9.78 Å². The van der Waals surface area contributed by atoms with Crippen LogP contribution in [0, 0.1) is 0 Å². The van der Waals surface area contributed by atoms with E-state index in [2.05, 4.69) is 35.4 Å². The topological polar surface area (TPSA) is 48.4 Å². The van der Waals surface area contributed by atoms with Crippen LogP contribution in [0.25, 0.3) is 5.57 Å². The largest absolute Gasteiger partial charge is 0.486 e. The van der Waals surface area contributed by atoms with Gasteiger partial charge < -0.3 is 9.47 Å². The summed E-state index contributed by atoms with van der Waals surface area (Å²) in [5.41, 5.74) is 1.04.